The van der Waals surface area contributed by atoms with Gasteiger partial charge in [-0.2, -0.15) is 0 Å². The van der Waals surface area contributed by atoms with E-state index in [9.17, 15) is 9.59 Å². The van der Waals surface area contributed by atoms with Crippen LogP contribution in [0.3, 0.4) is 0 Å². The van der Waals surface area contributed by atoms with E-state index < -0.39 is 11.7 Å². The predicted octanol–water partition coefficient (Wildman–Crippen LogP) is 5.37. The van der Waals surface area contributed by atoms with Gasteiger partial charge in [-0.15, -0.1) is 0 Å². The zero-order valence-corrected chi connectivity index (χ0v) is 20.8. The largest absolute Gasteiger partial charge is 0.444 e. The third-order valence-electron chi connectivity index (χ3n) is 4.88. The maximum atomic E-state index is 13.4. The number of pyridine rings is 1. The molecule has 0 spiro atoms. The van der Waals surface area contributed by atoms with Gasteiger partial charge in [0.25, 0.3) is 0 Å². The maximum Gasteiger partial charge on any atom is 0.413 e. The Bertz CT molecular complexity index is 899. The number of aliphatic imine (C=N–C) groups is 1. The number of fused-ring (bicyclic) bond motifs is 1. The van der Waals surface area contributed by atoms with Crippen molar-refractivity contribution in [3.05, 3.63) is 29.1 Å². The van der Waals surface area contributed by atoms with Crippen LogP contribution in [0.2, 0.25) is 0 Å². The standard InChI is InChI=1S/C25H38N4O3/c1-9-11-29(12-10-2)22(30)17-13-19-20(15-18(16-26-19)24(3,4)5)27-21(14-17)28-23(31)32-25(6,7)8/h13,15-16H,9-12,14H2,1-8H3,(H,27,28,31). The summed E-state index contributed by atoms with van der Waals surface area (Å²) in [6.45, 7) is 17.2. The summed E-state index contributed by atoms with van der Waals surface area (Å²) in [4.78, 5) is 36.9. The lowest BCUT2D eigenvalue weighted by Crippen LogP contribution is -2.38. The summed E-state index contributed by atoms with van der Waals surface area (Å²) in [6.07, 6.45) is 4.98. The van der Waals surface area contributed by atoms with E-state index in [0.717, 1.165) is 18.4 Å². The lowest BCUT2D eigenvalue weighted by atomic mass is 9.88. The predicted molar refractivity (Wildman–Crippen MR) is 129 cm³/mol. The number of aromatic nitrogens is 1. The van der Waals surface area contributed by atoms with Gasteiger partial charge in [-0.1, -0.05) is 34.6 Å². The van der Waals surface area contributed by atoms with Crippen LogP contribution < -0.4 is 5.32 Å². The molecule has 1 aliphatic rings. The number of hydrogen-bond donors (Lipinski definition) is 1. The molecule has 7 heteroatoms. The monoisotopic (exact) mass is 442 g/mol. The number of rotatable bonds is 5. The first-order chi connectivity index (χ1) is 14.8. The van der Waals surface area contributed by atoms with Gasteiger partial charge in [0.2, 0.25) is 5.91 Å². The van der Waals surface area contributed by atoms with Crippen LogP contribution in [0.1, 0.15) is 85.9 Å². The average molecular weight is 443 g/mol. The molecule has 1 aromatic rings. The zero-order valence-electron chi connectivity index (χ0n) is 20.8. The second-order valence-electron chi connectivity index (χ2n) is 10.2. The highest BCUT2D eigenvalue weighted by Gasteiger charge is 2.25. The Morgan fingerprint density at radius 2 is 1.72 bits per heavy atom. The van der Waals surface area contributed by atoms with E-state index in [4.69, 9.17) is 4.74 Å². The lowest BCUT2D eigenvalue weighted by molar-refractivity contribution is -0.127. The summed E-state index contributed by atoms with van der Waals surface area (Å²) >= 11 is 0. The van der Waals surface area contributed by atoms with E-state index in [-0.39, 0.29) is 17.7 Å². The van der Waals surface area contributed by atoms with Crippen molar-refractivity contribution in [2.45, 2.75) is 85.7 Å². The Morgan fingerprint density at radius 1 is 1.09 bits per heavy atom. The molecule has 2 heterocycles. The first kappa shape index (κ1) is 25.6. The van der Waals surface area contributed by atoms with Gasteiger partial charge in [0.15, 0.2) is 0 Å². The molecule has 0 bridgehead atoms. The zero-order chi connectivity index (χ0) is 24.1. The molecule has 1 aliphatic heterocycles. The smallest absolute Gasteiger partial charge is 0.413 e. The minimum absolute atomic E-state index is 0.0538. The topological polar surface area (TPSA) is 83.9 Å². The SMILES string of the molecule is CCCN(CCC)C(=O)C1=Cc2ncc(C(C)(C)C)cc2N=C(NC(=O)OC(C)(C)C)C1. The number of carbonyl (C=O) groups excluding carboxylic acids is 2. The van der Waals surface area contributed by atoms with Gasteiger partial charge in [0.05, 0.1) is 11.4 Å². The second kappa shape index (κ2) is 10.3. The van der Waals surface area contributed by atoms with Crippen LogP contribution in [-0.4, -0.2) is 46.4 Å². The molecule has 0 radical (unpaired) electrons. The Hall–Kier alpha value is -2.70. The highest BCUT2D eigenvalue weighted by molar-refractivity contribution is 6.08. The summed E-state index contributed by atoms with van der Waals surface area (Å²) in [5, 5.41) is 2.75. The van der Waals surface area contributed by atoms with Crippen LogP contribution in [0.15, 0.2) is 22.8 Å². The van der Waals surface area contributed by atoms with Crippen molar-refractivity contribution in [2.75, 3.05) is 13.1 Å². The molecule has 1 N–H and O–H groups in total. The third-order valence-corrected chi connectivity index (χ3v) is 4.88. The number of alkyl carbamates (subject to hydrolysis) is 1. The molecule has 0 saturated heterocycles. The van der Waals surface area contributed by atoms with Crippen LogP contribution in [0, 0.1) is 0 Å². The maximum absolute atomic E-state index is 13.4. The van der Waals surface area contributed by atoms with Gasteiger partial charge in [-0.3, -0.25) is 15.1 Å². The van der Waals surface area contributed by atoms with E-state index in [2.05, 4.69) is 49.9 Å². The molecule has 0 saturated carbocycles. The molecular weight excluding hydrogens is 404 g/mol. The van der Waals surface area contributed by atoms with Gasteiger partial charge in [0.1, 0.15) is 11.4 Å². The summed E-state index contributed by atoms with van der Waals surface area (Å²) in [5.74, 6) is 0.320. The van der Waals surface area contributed by atoms with E-state index in [1.807, 2.05) is 17.2 Å². The second-order valence-corrected chi connectivity index (χ2v) is 10.2. The fourth-order valence-electron chi connectivity index (χ4n) is 3.34. The quantitative estimate of drug-likeness (QED) is 0.664. The fraction of sp³-hybridized carbons (Fsp3) is 0.600. The number of hydrogen-bond acceptors (Lipinski definition) is 5. The van der Waals surface area contributed by atoms with Gasteiger partial charge in [-0.05, 0) is 56.7 Å². The molecule has 7 nitrogen and oxygen atoms in total. The number of nitrogens with one attached hydrogen (secondary N) is 1. The van der Waals surface area contributed by atoms with Gasteiger partial charge in [-0.25, -0.2) is 9.79 Å². The van der Waals surface area contributed by atoms with E-state index in [1.54, 1.807) is 26.8 Å². The average Bonchev–Trinajstić information content (AvgIpc) is 2.83. The van der Waals surface area contributed by atoms with E-state index in [1.165, 1.54) is 0 Å². The molecule has 0 aromatic carbocycles. The molecule has 176 valence electrons. The molecule has 0 aliphatic carbocycles. The minimum atomic E-state index is -0.637. The van der Waals surface area contributed by atoms with Gasteiger partial charge >= 0.3 is 6.09 Å². The van der Waals surface area contributed by atoms with Crippen molar-refractivity contribution < 1.29 is 14.3 Å². The normalized spacial score (nSPS) is 14.0. The van der Waals surface area contributed by atoms with Crippen LogP contribution in [0.4, 0.5) is 10.5 Å². The Kier molecular flexibility index (Phi) is 8.21. The summed E-state index contributed by atoms with van der Waals surface area (Å²) in [7, 11) is 0. The number of nitrogens with zero attached hydrogens (tertiary/aromatic N) is 3. The fourth-order valence-corrected chi connectivity index (χ4v) is 3.34. The summed E-state index contributed by atoms with van der Waals surface area (Å²) < 4.78 is 5.41. The van der Waals surface area contributed by atoms with Crippen molar-refractivity contribution in [3.63, 3.8) is 0 Å². The third kappa shape index (κ3) is 7.18. The van der Waals surface area contributed by atoms with E-state index >= 15 is 0 Å². The van der Waals surface area contributed by atoms with Crippen molar-refractivity contribution in [3.8, 4) is 0 Å². The first-order valence-electron chi connectivity index (χ1n) is 11.4. The molecule has 0 unspecified atom stereocenters. The highest BCUT2D eigenvalue weighted by Crippen LogP contribution is 2.31. The molecule has 1 aromatic heterocycles. The number of amidine groups is 1. The molecule has 32 heavy (non-hydrogen) atoms. The van der Waals surface area contributed by atoms with Gasteiger partial charge in [0, 0.05) is 31.3 Å². The first-order valence-corrected chi connectivity index (χ1v) is 11.4. The lowest BCUT2D eigenvalue weighted by Gasteiger charge is -2.23. The molecule has 2 amide bonds. The molecule has 0 atom stereocenters. The Labute approximate surface area is 192 Å². The van der Waals surface area contributed by atoms with Crippen LogP contribution in [0.5, 0.6) is 0 Å². The van der Waals surface area contributed by atoms with Crippen LogP contribution >= 0.6 is 0 Å². The van der Waals surface area contributed by atoms with Crippen molar-refractivity contribution >= 4 is 29.6 Å². The summed E-state index contributed by atoms with van der Waals surface area (Å²) in [6, 6.07) is 1.97. The van der Waals surface area contributed by atoms with E-state index in [0.29, 0.717) is 35.9 Å². The Morgan fingerprint density at radius 3 is 2.25 bits per heavy atom. The van der Waals surface area contributed by atoms with Crippen molar-refractivity contribution in [2.24, 2.45) is 4.99 Å². The van der Waals surface area contributed by atoms with Crippen molar-refractivity contribution in [1.82, 2.24) is 15.2 Å². The molecular formula is C25H38N4O3. The van der Waals surface area contributed by atoms with Crippen molar-refractivity contribution in [1.29, 1.82) is 0 Å². The molecule has 0 fully saturated rings. The van der Waals surface area contributed by atoms with Crippen LogP contribution in [0.25, 0.3) is 6.08 Å². The Balaban J connectivity index is 2.49. The molecule has 2 rings (SSSR count). The highest BCUT2D eigenvalue weighted by atomic mass is 16.6. The van der Waals surface area contributed by atoms with Crippen LogP contribution in [-0.2, 0) is 14.9 Å². The number of carbonyl (C=O) groups is 2. The minimum Gasteiger partial charge on any atom is -0.444 e. The summed E-state index contributed by atoms with van der Waals surface area (Å²) in [5.41, 5.74) is 2.08. The number of ether oxygens (including phenoxy) is 1. The van der Waals surface area contributed by atoms with Gasteiger partial charge < -0.3 is 9.64 Å². The number of amides is 2.